The van der Waals surface area contributed by atoms with Gasteiger partial charge in [0, 0.05) is 13.1 Å². The first kappa shape index (κ1) is 11.2. The number of hydrogen-bond donors (Lipinski definition) is 0. The average Bonchev–Trinajstić information content (AvgIpc) is 2.67. The van der Waals surface area contributed by atoms with Crippen LogP contribution in [0.15, 0.2) is 12.3 Å². The van der Waals surface area contributed by atoms with Gasteiger partial charge in [-0.2, -0.15) is 5.10 Å². The minimum atomic E-state index is 0.783. The number of rotatable bonds is 1. The maximum Gasteiger partial charge on any atom is 0.178 e. The normalized spacial score (nSPS) is 16.7. The number of ether oxygens (including phenoxy) is 1. The largest absolute Gasteiger partial charge is 0.378 e. The molecule has 0 atom stereocenters. The number of morpholine rings is 1. The molecule has 0 unspecified atom stereocenters. The van der Waals surface area contributed by atoms with Gasteiger partial charge in [-0.3, -0.25) is 0 Å². The molecule has 17 heavy (non-hydrogen) atoms. The smallest absolute Gasteiger partial charge is 0.178 e. The first-order valence-electron chi connectivity index (χ1n) is 5.60. The lowest BCUT2D eigenvalue weighted by molar-refractivity contribution is 0.123. The molecule has 0 aromatic carbocycles. The van der Waals surface area contributed by atoms with Crippen LogP contribution in [0.5, 0.6) is 0 Å². The summed E-state index contributed by atoms with van der Waals surface area (Å²) in [6.07, 6.45) is 1.83. The van der Waals surface area contributed by atoms with E-state index < -0.39 is 0 Å². The first-order valence-corrected chi connectivity index (χ1v) is 6.68. The molecule has 0 amide bonds. The number of hydrogen-bond acceptors (Lipinski definition) is 4. The van der Waals surface area contributed by atoms with Crippen LogP contribution < -0.4 is 4.90 Å². The third-order valence-corrected chi connectivity index (χ3v) is 4.19. The topological polar surface area (TPSA) is 42.7 Å². The van der Waals surface area contributed by atoms with Crippen molar-refractivity contribution in [1.29, 1.82) is 0 Å². The minimum absolute atomic E-state index is 0.783. The molecule has 1 fully saturated rings. The molecule has 1 aliphatic heterocycles. The lowest BCUT2D eigenvalue weighted by Crippen LogP contribution is -2.36. The van der Waals surface area contributed by atoms with Crippen molar-refractivity contribution in [2.45, 2.75) is 6.92 Å². The van der Waals surface area contributed by atoms with Crippen molar-refractivity contribution in [3.05, 3.63) is 21.7 Å². The fraction of sp³-hybridized carbons (Fsp3) is 0.455. The zero-order valence-electron chi connectivity index (χ0n) is 9.56. The van der Waals surface area contributed by atoms with Crippen molar-refractivity contribution in [3.8, 4) is 0 Å². The predicted octanol–water partition coefficient (Wildman–Crippen LogP) is 1.48. The molecule has 0 bridgehead atoms. The van der Waals surface area contributed by atoms with E-state index in [0.717, 1.165) is 47.0 Å². The Labute approximate surface area is 113 Å². The zero-order valence-corrected chi connectivity index (χ0v) is 11.7. The standard InChI is InChI=1S/C11H13IN4O/c1-8-10(12)16-11(14-8)9(2-3-13-16)15-4-6-17-7-5-15/h2-3H,4-7H2,1H3. The van der Waals surface area contributed by atoms with Gasteiger partial charge in [0.25, 0.3) is 0 Å². The van der Waals surface area contributed by atoms with Crippen LogP contribution in [0.2, 0.25) is 0 Å². The fourth-order valence-electron chi connectivity index (χ4n) is 2.07. The van der Waals surface area contributed by atoms with Crippen LogP contribution in [-0.2, 0) is 4.74 Å². The zero-order chi connectivity index (χ0) is 11.8. The van der Waals surface area contributed by atoms with Crippen molar-refractivity contribution in [1.82, 2.24) is 14.6 Å². The molecular weight excluding hydrogens is 331 g/mol. The first-order chi connectivity index (χ1) is 8.27. The molecule has 0 radical (unpaired) electrons. The molecule has 1 aliphatic rings. The lowest BCUT2D eigenvalue weighted by Gasteiger charge is -2.28. The summed E-state index contributed by atoms with van der Waals surface area (Å²) in [5, 5.41) is 4.35. The molecule has 0 aliphatic carbocycles. The van der Waals surface area contributed by atoms with Gasteiger partial charge < -0.3 is 9.64 Å². The number of aryl methyl sites for hydroxylation is 1. The predicted molar refractivity (Wildman–Crippen MR) is 73.5 cm³/mol. The van der Waals surface area contributed by atoms with Gasteiger partial charge in [-0.1, -0.05) is 0 Å². The van der Waals surface area contributed by atoms with E-state index in [-0.39, 0.29) is 0 Å². The molecule has 1 saturated heterocycles. The molecule has 5 nitrogen and oxygen atoms in total. The number of imidazole rings is 1. The highest BCUT2D eigenvalue weighted by Crippen LogP contribution is 2.23. The molecule has 3 rings (SSSR count). The summed E-state index contributed by atoms with van der Waals surface area (Å²) in [7, 11) is 0. The maximum absolute atomic E-state index is 5.38. The molecule has 2 aromatic heterocycles. The van der Waals surface area contributed by atoms with Gasteiger partial charge in [0.05, 0.1) is 30.8 Å². The van der Waals surface area contributed by atoms with Crippen molar-refractivity contribution >= 4 is 33.9 Å². The Hall–Kier alpha value is -0.890. The monoisotopic (exact) mass is 344 g/mol. The van der Waals surface area contributed by atoms with E-state index in [1.165, 1.54) is 0 Å². The summed E-state index contributed by atoms with van der Waals surface area (Å²) in [6, 6.07) is 2.03. The Kier molecular flexibility index (Phi) is 2.91. The minimum Gasteiger partial charge on any atom is -0.378 e. The second kappa shape index (κ2) is 4.41. The van der Waals surface area contributed by atoms with Crippen molar-refractivity contribution in [3.63, 3.8) is 0 Å². The van der Waals surface area contributed by atoms with Crippen LogP contribution in [-0.4, -0.2) is 40.9 Å². The number of anilines is 1. The molecule has 0 saturated carbocycles. The summed E-state index contributed by atoms with van der Waals surface area (Å²) in [4.78, 5) is 6.91. The van der Waals surface area contributed by atoms with Crippen LogP contribution in [0.1, 0.15) is 5.69 Å². The van der Waals surface area contributed by atoms with Crippen LogP contribution in [0.25, 0.3) is 5.65 Å². The molecule has 6 heteroatoms. The van der Waals surface area contributed by atoms with E-state index in [9.17, 15) is 0 Å². The number of fused-ring (bicyclic) bond motifs is 1. The molecule has 0 N–H and O–H groups in total. The second-order valence-corrected chi connectivity index (χ2v) is 5.06. The van der Waals surface area contributed by atoms with Crippen LogP contribution >= 0.6 is 22.6 Å². The van der Waals surface area contributed by atoms with Gasteiger partial charge in [0.1, 0.15) is 3.70 Å². The average molecular weight is 344 g/mol. The van der Waals surface area contributed by atoms with E-state index in [2.05, 4.69) is 37.6 Å². The van der Waals surface area contributed by atoms with Gasteiger partial charge >= 0.3 is 0 Å². The van der Waals surface area contributed by atoms with Crippen molar-refractivity contribution < 1.29 is 4.74 Å². The Balaban J connectivity index is 2.12. The third kappa shape index (κ3) is 1.89. The number of halogens is 1. The van der Waals surface area contributed by atoms with E-state index in [4.69, 9.17) is 4.74 Å². The Morgan fingerprint density at radius 1 is 1.35 bits per heavy atom. The highest BCUT2D eigenvalue weighted by Gasteiger charge is 2.17. The van der Waals surface area contributed by atoms with Crippen molar-refractivity contribution in [2.24, 2.45) is 0 Å². The quantitative estimate of drug-likeness (QED) is 0.735. The van der Waals surface area contributed by atoms with E-state index in [0.29, 0.717) is 0 Å². The van der Waals surface area contributed by atoms with Gasteiger partial charge in [0.2, 0.25) is 0 Å². The van der Waals surface area contributed by atoms with Crippen LogP contribution in [0, 0.1) is 10.6 Å². The van der Waals surface area contributed by atoms with Gasteiger partial charge in [-0.25, -0.2) is 9.50 Å². The third-order valence-electron chi connectivity index (χ3n) is 2.95. The van der Waals surface area contributed by atoms with E-state index in [1.54, 1.807) is 0 Å². The molecule has 0 spiro atoms. The highest BCUT2D eigenvalue weighted by atomic mass is 127. The summed E-state index contributed by atoms with van der Waals surface area (Å²) in [5.74, 6) is 0. The number of nitrogens with zero attached hydrogens (tertiary/aromatic N) is 4. The summed E-state index contributed by atoms with van der Waals surface area (Å²) in [5.41, 5.74) is 3.12. The Morgan fingerprint density at radius 3 is 2.88 bits per heavy atom. The maximum atomic E-state index is 5.38. The Bertz CT molecular complexity index is 548. The lowest BCUT2D eigenvalue weighted by atomic mass is 10.3. The van der Waals surface area contributed by atoms with Crippen LogP contribution in [0.3, 0.4) is 0 Å². The molecule has 2 aromatic rings. The molecule has 90 valence electrons. The molecular formula is C11H13IN4O. The summed E-state index contributed by atoms with van der Waals surface area (Å²) >= 11 is 2.28. The summed E-state index contributed by atoms with van der Waals surface area (Å²) < 4.78 is 8.36. The second-order valence-electron chi connectivity index (χ2n) is 4.04. The van der Waals surface area contributed by atoms with E-state index >= 15 is 0 Å². The fourth-order valence-corrected chi connectivity index (χ4v) is 2.54. The SMILES string of the molecule is Cc1nc2c(N3CCOCC3)ccnn2c1I. The van der Waals surface area contributed by atoms with Gasteiger partial charge in [-0.05, 0) is 35.6 Å². The summed E-state index contributed by atoms with van der Waals surface area (Å²) in [6.45, 7) is 5.42. The van der Waals surface area contributed by atoms with Gasteiger partial charge in [-0.15, -0.1) is 0 Å². The van der Waals surface area contributed by atoms with E-state index in [1.807, 2.05) is 23.7 Å². The van der Waals surface area contributed by atoms with Crippen molar-refractivity contribution in [2.75, 3.05) is 31.2 Å². The highest BCUT2D eigenvalue weighted by molar-refractivity contribution is 14.1. The Morgan fingerprint density at radius 2 is 2.12 bits per heavy atom. The van der Waals surface area contributed by atoms with Gasteiger partial charge in [0.15, 0.2) is 5.65 Å². The molecule has 3 heterocycles. The van der Waals surface area contributed by atoms with Crippen LogP contribution in [0.4, 0.5) is 5.69 Å². The number of aromatic nitrogens is 3.